The predicted octanol–water partition coefficient (Wildman–Crippen LogP) is 2.81. The van der Waals surface area contributed by atoms with Crippen LogP contribution in [0.2, 0.25) is 0 Å². The van der Waals surface area contributed by atoms with E-state index in [0.29, 0.717) is 50.5 Å². The molecule has 6 aromatic rings. The first-order valence-electron chi connectivity index (χ1n) is 33.7. The Morgan fingerprint density at radius 3 is 2.05 bits per heavy atom. The van der Waals surface area contributed by atoms with Crippen LogP contribution in [-0.4, -0.2) is 185 Å². The number of carbonyl (C=O) groups excluding carboxylic acids is 8. The molecule has 30 nitrogen and oxygen atoms in total. The number of carbonyl (C=O) groups is 10. The number of phenols is 2. The molecule has 3 aliphatic rings. The van der Waals surface area contributed by atoms with Crippen LogP contribution in [0.3, 0.4) is 0 Å². The number of benzene rings is 6. The van der Waals surface area contributed by atoms with E-state index in [4.69, 9.17) is 22.4 Å². The van der Waals surface area contributed by atoms with E-state index >= 15 is 14.4 Å². The monoisotopic (exact) mass is 1510 g/mol. The molecule has 0 unspecified atom stereocenters. The van der Waals surface area contributed by atoms with Gasteiger partial charge in [-0.25, -0.2) is 9.59 Å². The van der Waals surface area contributed by atoms with Gasteiger partial charge in [-0.3, -0.25) is 43.2 Å². The van der Waals surface area contributed by atoms with Gasteiger partial charge in [0.1, 0.15) is 65.1 Å². The van der Waals surface area contributed by atoms with E-state index in [0.717, 1.165) is 28.5 Å². The highest BCUT2D eigenvalue weighted by molar-refractivity contribution is 8.76. The molecular weight excluding hydrogens is 1430 g/mol. The van der Waals surface area contributed by atoms with Gasteiger partial charge in [0.05, 0.1) is 17.8 Å². The molecule has 19 N–H and O–H groups in total. The number of anilines is 1. The van der Waals surface area contributed by atoms with Crippen LogP contribution in [-0.2, 0) is 62.4 Å². The van der Waals surface area contributed by atoms with Crippen molar-refractivity contribution in [2.24, 2.45) is 5.73 Å². The summed E-state index contributed by atoms with van der Waals surface area (Å²) in [4.78, 5) is 158. The standard InChI is InChI=1S/C73H80N12O18S3/c1-37(86)62-70(98)83-57(69(97)85-63(38(2)87)72(101)102)36-106-105-35-56(68(96)80-54(29-40-15-18-43(88)19-16-40)66(94)81-55(30-41-34-76-51-13-7-6-12-46(41)51)67(95)79-52(64(92)84-62)14-8-9-26-74)82-65(93)53(28-39-10-4-3-5-11-39)78-60(91)25-27-75-73(104)77-42-17-22-47(50(31-42)71(99)100)61-48-23-20-44(89)32-58(48)103-59-33-45(90)21-24-49(59)61/h3-7,10-13,15-24,31-34,37-38,52-57,62-63,76,86-89H,8-9,14,25-30,35-36,74H2,1-2H3,(H,78,91)(H,79,95)(H,80,96)(H,81,94)(H,82,93)(H,83,98)(H,84,92)(H,85,97)(H,99,100)(H,101,102)(H2,75,77,104)/t37-,38-,52+,53-,54+,55-,56+,57+,62-,63+/m1/s1. The third-order valence-electron chi connectivity index (χ3n) is 17.3. The number of unbranched alkanes of at least 4 members (excludes halogenated alkanes) is 1. The molecule has 9 rings (SSSR count). The van der Waals surface area contributed by atoms with Crippen LogP contribution in [0.15, 0.2) is 149 Å². The second-order valence-corrected chi connectivity index (χ2v) is 28.2. The zero-order valence-electron chi connectivity index (χ0n) is 57.2. The molecule has 10 atom stereocenters. The molecule has 8 amide bonds. The third kappa shape index (κ3) is 21.3. The van der Waals surface area contributed by atoms with Crippen molar-refractivity contribution >= 4 is 126 Å². The number of fused-ring (bicyclic) bond motifs is 3. The molecule has 0 radical (unpaired) electrons. The van der Waals surface area contributed by atoms with Crippen LogP contribution in [0.1, 0.15) is 66.6 Å². The highest BCUT2D eigenvalue weighted by Crippen LogP contribution is 2.42. The minimum atomic E-state index is -1.90. The van der Waals surface area contributed by atoms with E-state index in [9.17, 15) is 69.0 Å². The number of aromatic hydroxyl groups is 2. The van der Waals surface area contributed by atoms with Crippen molar-refractivity contribution in [3.05, 3.63) is 172 Å². The van der Waals surface area contributed by atoms with E-state index in [2.05, 4.69) is 58.2 Å². The largest absolute Gasteiger partial charge is 0.508 e. The van der Waals surface area contributed by atoms with Gasteiger partial charge in [-0.15, -0.1) is 0 Å². The molecule has 1 saturated heterocycles. The first-order chi connectivity index (χ1) is 50.7. The quantitative estimate of drug-likeness (QED) is 0.0179. The summed E-state index contributed by atoms with van der Waals surface area (Å²) in [6, 6.07) is 21.1. The lowest BCUT2D eigenvalue weighted by Gasteiger charge is -2.29. The Balaban J connectivity index is 0.999. The highest BCUT2D eigenvalue weighted by Gasteiger charge is 2.38. The lowest BCUT2D eigenvalue weighted by Crippen LogP contribution is -2.62. The number of hydrogen-bond acceptors (Lipinski definition) is 20. The Labute approximate surface area is 619 Å². The average molecular weight is 1510 g/mol. The molecular formula is C73H80N12O18S3. The SMILES string of the molecule is C[C@@H](O)[C@H](NC(=O)[C@@H]1CSSC[C@H](NC(=O)[C@@H](Cc2ccccc2)NC(=O)CCNC(=S)Nc2ccc(-c3c4ccc(=O)cc-4oc4cc(O)ccc34)c(C(=O)O)c2)C(=O)N[C@@H](Cc2ccc(O)cc2)C(=O)N[C@H](Cc2c[nH]c3ccccc23)C(=O)N[C@@H](CCCCN)C(=O)N[C@H]([C@@H](C)O)C(=O)N1)C(=O)O. The van der Waals surface area contributed by atoms with Crippen molar-refractivity contribution < 1.29 is 83.0 Å². The van der Waals surface area contributed by atoms with Gasteiger partial charge in [-0.1, -0.05) is 88.3 Å². The average Bonchev–Trinajstić information content (AvgIpc) is 0.871. The summed E-state index contributed by atoms with van der Waals surface area (Å²) >= 11 is 5.58. The lowest BCUT2D eigenvalue weighted by atomic mass is 9.90. The van der Waals surface area contributed by atoms with Crippen LogP contribution < -0.4 is 64.3 Å². The molecule has 1 fully saturated rings. The number of aliphatic carboxylic acids is 1. The number of aromatic nitrogens is 1. The summed E-state index contributed by atoms with van der Waals surface area (Å²) in [6.45, 7) is 2.31. The molecule has 0 bridgehead atoms. The zero-order valence-corrected chi connectivity index (χ0v) is 59.7. The summed E-state index contributed by atoms with van der Waals surface area (Å²) in [5.41, 5.74) is 8.99. The fraction of sp³-hybridized carbons (Fsp3) is 0.315. The van der Waals surface area contributed by atoms with Gasteiger partial charge in [0.25, 0.3) is 0 Å². The van der Waals surface area contributed by atoms with E-state index in [1.54, 1.807) is 72.9 Å². The van der Waals surface area contributed by atoms with Crippen LogP contribution in [0.4, 0.5) is 5.69 Å². The summed E-state index contributed by atoms with van der Waals surface area (Å²) in [7, 11) is 1.69. The summed E-state index contributed by atoms with van der Waals surface area (Å²) in [5.74, 6) is -11.6. The summed E-state index contributed by atoms with van der Waals surface area (Å²) in [5, 5.41) is 90.3. The van der Waals surface area contributed by atoms with Crippen molar-refractivity contribution in [2.45, 2.75) is 119 Å². The predicted molar refractivity (Wildman–Crippen MR) is 400 cm³/mol. The Hall–Kier alpha value is -11.1. The van der Waals surface area contributed by atoms with Crippen LogP contribution >= 0.6 is 33.8 Å². The molecule has 1 aliphatic carbocycles. The number of nitrogens with two attached hydrogens (primary N) is 1. The Kier molecular flexibility index (Phi) is 27.6. The number of aliphatic hydroxyl groups is 2. The molecule has 0 spiro atoms. The number of aliphatic hydroxyl groups excluding tert-OH is 2. The highest BCUT2D eigenvalue weighted by atomic mass is 33.1. The zero-order chi connectivity index (χ0) is 76.3. The topological polar surface area (TPSA) is 484 Å². The summed E-state index contributed by atoms with van der Waals surface area (Å²) < 4.78 is 5.95. The number of amides is 8. The minimum Gasteiger partial charge on any atom is -0.508 e. The van der Waals surface area contributed by atoms with Gasteiger partial charge in [0, 0.05) is 95.2 Å². The van der Waals surface area contributed by atoms with Crippen molar-refractivity contribution in [1.29, 1.82) is 0 Å². The second kappa shape index (κ2) is 37.0. The molecule has 2 aliphatic heterocycles. The fourth-order valence-electron chi connectivity index (χ4n) is 11.8. The van der Waals surface area contributed by atoms with Crippen LogP contribution in [0, 0.1) is 0 Å². The number of carboxylic acid groups (broad SMARTS) is 2. The van der Waals surface area contributed by atoms with Gasteiger partial charge >= 0.3 is 11.9 Å². The normalized spacial score (nSPS) is 19.0. The van der Waals surface area contributed by atoms with Gasteiger partial charge in [-0.2, -0.15) is 0 Å². The number of nitrogens with one attached hydrogen (secondary N) is 11. The Bertz CT molecular complexity index is 4580. The van der Waals surface area contributed by atoms with Gasteiger partial charge in [0.2, 0.25) is 47.3 Å². The molecule has 558 valence electrons. The Morgan fingerprint density at radius 2 is 1.34 bits per heavy atom. The lowest BCUT2D eigenvalue weighted by molar-refractivity contribution is -0.145. The Morgan fingerprint density at radius 1 is 0.670 bits per heavy atom. The maximum absolute atomic E-state index is 15.2. The van der Waals surface area contributed by atoms with Crippen molar-refractivity contribution in [1.82, 2.24) is 52.8 Å². The minimum absolute atomic E-state index is 0.0362. The number of thiocarbonyl (C=S) groups is 1. The number of phenolic OH excluding ortho intramolecular Hbond substituents is 2. The van der Waals surface area contributed by atoms with Crippen molar-refractivity contribution in [3.8, 4) is 33.9 Å². The van der Waals surface area contributed by atoms with Gasteiger partial charge in [0.15, 0.2) is 16.6 Å². The molecule has 3 heterocycles. The van der Waals surface area contributed by atoms with Gasteiger partial charge in [-0.05, 0) is 129 Å². The van der Waals surface area contributed by atoms with Gasteiger partial charge < -0.3 is 98.9 Å². The molecule has 0 saturated carbocycles. The second-order valence-electron chi connectivity index (χ2n) is 25.2. The molecule has 33 heteroatoms. The number of rotatable bonds is 24. The molecule has 5 aromatic carbocycles. The number of hydrogen-bond donors (Lipinski definition) is 18. The van der Waals surface area contributed by atoms with Crippen LogP contribution in [0.25, 0.3) is 44.3 Å². The first-order valence-corrected chi connectivity index (χ1v) is 36.6. The first kappa shape index (κ1) is 79.0. The van der Waals surface area contributed by atoms with E-state index in [1.807, 2.05) is 0 Å². The number of para-hydroxylation sites is 1. The number of H-pyrrole nitrogens is 1. The van der Waals surface area contributed by atoms with Crippen molar-refractivity contribution in [2.75, 3.05) is 29.9 Å². The smallest absolute Gasteiger partial charge is 0.336 e. The van der Waals surface area contributed by atoms with Crippen LogP contribution in [0.5, 0.6) is 11.5 Å². The fourth-order valence-corrected chi connectivity index (χ4v) is 14.3. The van der Waals surface area contributed by atoms with E-state index < -0.39 is 131 Å². The van der Waals surface area contributed by atoms with Crippen molar-refractivity contribution in [3.63, 3.8) is 0 Å². The maximum Gasteiger partial charge on any atom is 0.336 e. The molecule has 1 aromatic heterocycles. The number of aromatic carboxylic acids is 1. The van der Waals surface area contributed by atoms with E-state index in [1.165, 1.54) is 73.7 Å². The number of carboxylic acids is 2. The third-order valence-corrected chi connectivity index (χ3v) is 19.9. The van der Waals surface area contributed by atoms with E-state index in [-0.39, 0.29) is 102 Å². The number of aromatic amines is 1. The summed E-state index contributed by atoms with van der Waals surface area (Å²) in [6.07, 6.45) is -2.14. The maximum atomic E-state index is 15.2. The molecule has 106 heavy (non-hydrogen) atoms.